The molecule has 118 valence electrons. The standard InChI is InChI=1S/C18H23NO3/c1-13(2)19-11-16(22-14(3)20)12-21-18-10-6-8-15-7-4-5-9-17(15)18/h4-10,13,16,19H,11-12H2,1-3H3. The third-order valence-electron chi connectivity index (χ3n) is 3.26. The Kier molecular flexibility index (Phi) is 5.78. The molecule has 0 heterocycles. The van der Waals surface area contributed by atoms with Crippen LogP contribution in [0, 0.1) is 0 Å². The first kappa shape index (κ1) is 16.3. The van der Waals surface area contributed by atoms with Crippen molar-refractivity contribution >= 4 is 16.7 Å². The van der Waals surface area contributed by atoms with E-state index in [4.69, 9.17) is 9.47 Å². The highest BCUT2D eigenvalue weighted by Crippen LogP contribution is 2.25. The van der Waals surface area contributed by atoms with Gasteiger partial charge in [-0.05, 0) is 11.5 Å². The van der Waals surface area contributed by atoms with Crippen LogP contribution < -0.4 is 10.1 Å². The highest BCUT2D eigenvalue weighted by atomic mass is 16.6. The number of benzene rings is 2. The number of fused-ring (bicyclic) bond motifs is 1. The van der Waals surface area contributed by atoms with Crippen LogP contribution in [0.5, 0.6) is 5.75 Å². The zero-order valence-corrected chi connectivity index (χ0v) is 13.3. The molecule has 4 nitrogen and oxygen atoms in total. The lowest BCUT2D eigenvalue weighted by molar-refractivity contribution is -0.147. The Labute approximate surface area is 131 Å². The molecule has 0 aliphatic carbocycles. The maximum Gasteiger partial charge on any atom is 0.303 e. The zero-order chi connectivity index (χ0) is 15.9. The Bertz CT molecular complexity index is 619. The SMILES string of the molecule is CC(=O)OC(CNC(C)C)COc1cccc2ccccc12. The molecule has 1 atom stereocenters. The summed E-state index contributed by atoms with van der Waals surface area (Å²) in [5, 5.41) is 5.45. The van der Waals surface area contributed by atoms with E-state index in [1.807, 2.05) is 42.5 Å². The van der Waals surface area contributed by atoms with Crippen LogP contribution in [0.4, 0.5) is 0 Å². The second-order valence-electron chi connectivity index (χ2n) is 5.58. The average Bonchev–Trinajstić information content (AvgIpc) is 2.49. The average molecular weight is 301 g/mol. The Hall–Kier alpha value is -2.07. The van der Waals surface area contributed by atoms with Crippen LogP contribution in [0.15, 0.2) is 42.5 Å². The van der Waals surface area contributed by atoms with E-state index >= 15 is 0 Å². The number of carbonyl (C=O) groups excluding carboxylic acids is 1. The number of nitrogens with one attached hydrogen (secondary N) is 1. The summed E-state index contributed by atoms with van der Waals surface area (Å²) in [6.45, 7) is 6.42. The molecular weight excluding hydrogens is 278 g/mol. The summed E-state index contributed by atoms with van der Waals surface area (Å²) in [6, 6.07) is 14.3. The van der Waals surface area contributed by atoms with Crippen LogP contribution in [0.2, 0.25) is 0 Å². The first-order valence-electron chi connectivity index (χ1n) is 7.57. The van der Waals surface area contributed by atoms with Crippen molar-refractivity contribution < 1.29 is 14.3 Å². The zero-order valence-electron chi connectivity index (χ0n) is 13.3. The van der Waals surface area contributed by atoms with E-state index in [2.05, 4.69) is 19.2 Å². The summed E-state index contributed by atoms with van der Waals surface area (Å²) in [4.78, 5) is 11.2. The second-order valence-corrected chi connectivity index (χ2v) is 5.58. The van der Waals surface area contributed by atoms with E-state index in [0.29, 0.717) is 19.2 Å². The van der Waals surface area contributed by atoms with Crippen molar-refractivity contribution in [3.8, 4) is 5.75 Å². The van der Waals surface area contributed by atoms with Crippen LogP contribution >= 0.6 is 0 Å². The van der Waals surface area contributed by atoms with Crippen LogP contribution in [0.1, 0.15) is 20.8 Å². The maximum absolute atomic E-state index is 11.2. The van der Waals surface area contributed by atoms with Gasteiger partial charge < -0.3 is 14.8 Å². The van der Waals surface area contributed by atoms with Crippen molar-refractivity contribution in [3.05, 3.63) is 42.5 Å². The highest BCUT2D eigenvalue weighted by Gasteiger charge is 2.14. The smallest absolute Gasteiger partial charge is 0.303 e. The predicted molar refractivity (Wildman–Crippen MR) is 88.1 cm³/mol. The molecule has 0 saturated carbocycles. The van der Waals surface area contributed by atoms with Gasteiger partial charge in [-0.1, -0.05) is 50.2 Å². The number of carbonyl (C=O) groups is 1. The summed E-state index contributed by atoms with van der Waals surface area (Å²) in [5.41, 5.74) is 0. The van der Waals surface area contributed by atoms with Gasteiger partial charge in [-0.2, -0.15) is 0 Å². The van der Waals surface area contributed by atoms with Gasteiger partial charge in [0.05, 0.1) is 0 Å². The Morgan fingerprint density at radius 2 is 1.86 bits per heavy atom. The van der Waals surface area contributed by atoms with Crippen molar-refractivity contribution in [1.82, 2.24) is 5.32 Å². The molecule has 0 bridgehead atoms. The monoisotopic (exact) mass is 301 g/mol. The minimum Gasteiger partial charge on any atom is -0.489 e. The minimum absolute atomic E-state index is 0.294. The molecule has 22 heavy (non-hydrogen) atoms. The normalized spacial score (nSPS) is 12.4. The van der Waals surface area contributed by atoms with Gasteiger partial charge in [0.1, 0.15) is 18.5 Å². The second kappa shape index (κ2) is 7.80. The number of hydrogen-bond acceptors (Lipinski definition) is 4. The van der Waals surface area contributed by atoms with E-state index < -0.39 is 0 Å². The lowest BCUT2D eigenvalue weighted by Crippen LogP contribution is -2.38. The molecular formula is C18H23NO3. The molecule has 2 aromatic carbocycles. The van der Waals surface area contributed by atoms with Gasteiger partial charge in [-0.15, -0.1) is 0 Å². The number of ether oxygens (including phenoxy) is 2. The third-order valence-corrected chi connectivity index (χ3v) is 3.26. The van der Waals surface area contributed by atoms with E-state index in [1.165, 1.54) is 6.92 Å². The van der Waals surface area contributed by atoms with E-state index in [9.17, 15) is 4.79 Å². The molecule has 2 rings (SSSR count). The molecule has 0 fully saturated rings. The van der Waals surface area contributed by atoms with Crippen molar-refractivity contribution in [3.63, 3.8) is 0 Å². The van der Waals surface area contributed by atoms with E-state index in [-0.39, 0.29) is 12.1 Å². The van der Waals surface area contributed by atoms with Gasteiger partial charge in [-0.25, -0.2) is 0 Å². The van der Waals surface area contributed by atoms with Gasteiger partial charge in [0.25, 0.3) is 0 Å². The van der Waals surface area contributed by atoms with Gasteiger partial charge in [0, 0.05) is 24.9 Å². The van der Waals surface area contributed by atoms with Gasteiger partial charge in [0.2, 0.25) is 0 Å². The first-order chi connectivity index (χ1) is 10.6. The largest absolute Gasteiger partial charge is 0.489 e. The molecule has 0 saturated heterocycles. The quantitative estimate of drug-likeness (QED) is 0.798. The molecule has 1 unspecified atom stereocenters. The van der Waals surface area contributed by atoms with Gasteiger partial charge >= 0.3 is 5.97 Å². The highest BCUT2D eigenvalue weighted by molar-refractivity contribution is 5.88. The minimum atomic E-state index is -0.307. The van der Waals surface area contributed by atoms with Crippen molar-refractivity contribution in [2.45, 2.75) is 32.9 Å². The van der Waals surface area contributed by atoms with E-state index in [0.717, 1.165) is 16.5 Å². The fraction of sp³-hybridized carbons (Fsp3) is 0.389. The number of esters is 1. The predicted octanol–water partition coefficient (Wildman–Crippen LogP) is 3.15. The lowest BCUT2D eigenvalue weighted by atomic mass is 10.1. The van der Waals surface area contributed by atoms with Crippen molar-refractivity contribution in [1.29, 1.82) is 0 Å². The van der Waals surface area contributed by atoms with E-state index in [1.54, 1.807) is 0 Å². The Balaban J connectivity index is 2.05. The molecule has 0 spiro atoms. The van der Waals surface area contributed by atoms with Gasteiger partial charge in [-0.3, -0.25) is 4.79 Å². The number of hydrogen-bond donors (Lipinski definition) is 1. The molecule has 2 aromatic rings. The molecule has 4 heteroatoms. The fourth-order valence-electron chi connectivity index (χ4n) is 2.24. The summed E-state index contributed by atoms with van der Waals surface area (Å²) < 4.78 is 11.2. The summed E-state index contributed by atoms with van der Waals surface area (Å²) in [5.74, 6) is 0.511. The first-order valence-corrected chi connectivity index (χ1v) is 7.57. The number of rotatable bonds is 7. The Morgan fingerprint density at radius 3 is 2.59 bits per heavy atom. The third kappa shape index (κ3) is 4.74. The topological polar surface area (TPSA) is 47.6 Å². The summed E-state index contributed by atoms with van der Waals surface area (Å²) in [6.07, 6.45) is -0.307. The Morgan fingerprint density at radius 1 is 1.14 bits per heavy atom. The van der Waals surface area contributed by atoms with Crippen LogP contribution in [0.25, 0.3) is 10.8 Å². The molecule has 0 aromatic heterocycles. The molecule has 0 aliphatic rings. The molecule has 0 radical (unpaired) electrons. The lowest BCUT2D eigenvalue weighted by Gasteiger charge is -2.20. The molecule has 0 amide bonds. The summed E-state index contributed by atoms with van der Waals surface area (Å²) >= 11 is 0. The van der Waals surface area contributed by atoms with Crippen LogP contribution in [-0.4, -0.2) is 31.3 Å². The van der Waals surface area contributed by atoms with Crippen molar-refractivity contribution in [2.75, 3.05) is 13.2 Å². The molecule has 1 N–H and O–H groups in total. The maximum atomic E-state index is 11.2. The van der Waals surface area contributed by atoms with Crippen LogP contribution in [0.3, 0.4) is 0 Å². The van der Waals surface area contributed by atoms with Crippen molar-refractivity contribution in [2.24, 2.45) is 0 Å². The van der Waals surface area contributed by atoms with Crippen LogP contribution in [-0.2, 0) is 9.53 Å². The van der Waals surface area contributed by atoms with Gasteiger partial charge in [0.15, 0.2) is 0 Å². The summed E-state index contributed by atoms with van der Waals surface area (Å²) in [7, 11) is 0. The molecule has 0 aliphatic heterocycles. The fourth-order valence-corrected chi connectivity index (χ4v) is 2.24.